The zero-order chi connectivity index (χ0) is 30.7. The largest absolute Gasteiger partial charge is 0.416 e. The number of alkyl halides is 3. The summed E-state index contributed by atoms with van der Waals surface area (Å²) in [5, 5.41) is 0.441. The van der Waals surface area contributed by atoms with Gasteiger partial charge in [-0.2, -0.15) is 13.2 Å². The monoisotopic (exact) mass is 614 g/mol. The van der Waals surface area contributed by atoms with E-state index in [1.54, 1.807) is 29.2 Å². The molecule has 1 aromatic heterocycles. The third-order valence-corrected chi connectivity index (χ3v) is 8.69. The highest BCUT2D eigenvalue weighted by atomic mass is 32.2. The van der Waals surface area contributed by atoms with Crippen LogP contribution in [0.25, 0.3) is 16.6 Å². The predicted octanol–water partition coefficient (Wildman–Crippen LogP) is 6.43. The summed E-state index contributed by atoms with van der Waals surface area (Å²) >= 11 is 1.05. The van der Waals surface area contributed by atoms with Crippen LogP contribution in [0.3, 0.4) is 0 Å². The number of carbonyl (C=O) groups is 1. The lowest BCUT2D eigenvalue weighted by atomic mass is 9.96. The van der Waals surface area contributed by atoms with Crippen molar-refractivity contribution in [3.63, 3.8) is 0 Å². The van der Waals surface area contributed by atoms with Gasteiger partial charge in [-0.25, -0.2) is 4.98 Å². The van der Waals surface area contributed by atoms with E-state index in [-0.39, 0.29) is 33.9 Å². The minimum atomic E-state index is -4.57. The Bertz CT molecular complexity index is 1780. The highest BCUT2D eigenvalue weighted by Gasteiger charge is 2.31. The summed E-state index contributed by atoms with van der Waals surface area (Å²) in [6.45, 7) is 2.41. The maximum atomic E-state index is 13.5. The molecule has 1 fully saturated rings. The van der Waals surface area contributed by atoms with Gasteiger partial charge < -0.3 is 4.90 Å². The Labute approximate surface area is 256 Å². The zero-order valence-corrected chi connectivity index (χ0v) is 24.5. The van der Waals surface area contributed by atoms with Crippen LogP contribution in [0, 0.1) is 0 Å². The number of nitrogens with zero attached hydrogens (tertiary/aromatic N) is 4. The molecule has 0 N–H and O–H groups in total. The van der Waals surface area contributed by atoms with Gasteiger partial charge in [-0.1, -0.05) is 90.6 Å². The van der Waals surface area contributed by atoms with Gasteiger partial charge in [0.25, 0.3) is 5.56 Å². The molecule has 0 radical (unpaired) electrons. The van der Waals surface area contributed by atoms with Gasteiger partial charge in [0, 0.05) is 26.2 Å². The van der Waals surface area contributed by atoms with Gasteiger partial charge in [0.2, 0.25) is 5.91 Å². The first-order chi connectivity index (χ1) is 21.3. The van der Waals surface area contributed by atoms with E-state index in [9.17, 15) is 22.8 Å². The number of fused-ring (bicyclic) bond motifs is 1. The van der Waals surface area contributed by atoms with Gasteiger partial charge >= 0.3 is 6.18 Å². The lowest BCUT2D eigenvalue weighted by molar-refractivity contribution is -0.137. The lowest BCUT2D eigenvalue weighted by Gasteiger charge is -2.39. The second-order valence-corrected chi connectivity index (χ2v) is 11.5. The molecule has 6 nitrogen and oxygen atoms in total. The molecule has 224 valence electrons. The minimum Gasteiger partial charge on any atom is -0.339 e. The predicted molar refractivity (Wildman–Crippen MR) is 166 cm³/mol. The second-order valence-electron chi connectivity index (χ2n) is 10.5. The van der Waals surface area contributed by atoms with Crippen molar-refractivity contribution in [1.82, 2.24) is 19.4 Å². The fourth-order valence-electron chi connectivity index (χ4n) is 5.59. The number of halogens is 3. The molecule has 1 saturated heterocycles. The molecule has 1 aliphatic heterocycles. The highest BCUT2D eigenvalue weighted by molar-refractivity contribution is 7.99. The van der Waals surface area contributed by atoms with Crippen LogP contribution in [0.4, 0.5) is 13.2 Å². The van der Waals surface area contributed by atoms with Crippen LogP contribution in [0.15, 0.2) is 119 Å². The van der Waals surface area contributed by atoms with Crippen molar-refractivity contribution in [2.75, 3.05) is 31.9 Å². The Morgan fingerprint density at radius 1 is 0.795 bits per heavy atom. The molecule has 0 atom stereocenters. The Kier molecular flexibility index (Phi) is 8.54. The molecule has 1 aliphatic rings. The average Bonchev–Trinajstić information content (AvgIpc) is 3.05. The summed E-state index contributed by atoms with van der Waals surface area (Å²) in [7, 11) is 0. The first kappa shape index (κ1) is 29.7. The van der Waals surface area contributed by atoms with Gasteiger partial charge in [-0.15, -0.1) is 0 Å². The Morgan fingerprint density at radius 3 is 2.05 bits per heavy atom. The normalized spacial score (nSPS) is 14.3. The van der Waals surface area contributed by atoms with Crippen molar-refractivity contribution in [1.29, 1.82) is 0 Å². The number of piperazine rings is 1. The van der Waals surface area contributed by atoms with Crippen LogP contribution in [0.1, 0.15) is 22.7 Å². The summed E-state index contributed by atoms with van der Waals surface area (Å²) in [4.78, 5) is 35.7. The number of hydrogen-bond donors (Lipinski definition) is 0. The molecule has 4 aromatic carbocycles. The van der Waals surface area contributed by atoms with E-state index in [4.69, 9.17) is 0 Å². The quantitative estimate of drug-likeness (QED) is 0.156. The maximum absolute atomic E-state index is 13.5. The fraction of sp³-hybridized carbons (Fsp3) is 0.206. The van der Waals surface area contributed by atoms with E-state index in [1.807, 2.05) is 36.4 Å². The second kappa shape index (κ2) is 12.7. The molecular weight excluding hydrogens is 585 g/mol. The number of benzene rings is 4. The molecule has 2 heterocycles. The van der Waals surface area contributed by atoms with Crippen molar-refractivity contribution in [3.05, 3.63) is 136 Å². The van der Waals surface area contributed by atoms with Crippen molar-refractivity contribution in [3.8, 4) is 5.69 Å². The SMILES string of the molecule is O=C(CSc1nc2ccccc2c(=O)n1-c1cccc(C(F)(F)F)c1)N1CCN(C(c2ccccc2)c2ccccc2)CC1. The number of hydrogen-bond acceptors (Lipinski definition) is 5. The molecule has 5 aromatic rings. The molecule has 0 bridgehead atoms. The number of carbonyl (C=O) groups excluding carboxylic acids is 1. The standard InChI is InChI=1S/C34H29F3N4O2S/c35-34(36,37)26-14-9-15-27(22-26)41-32(43)28-16-7-8-17-29(28)38-33(41)44-23-30(42)39-18-20-40(21-19-39)31(24-10-3-1-4-11-24)25-12-5-2-6-13-25/h1-17,22,31H,18-21,23H2. The molecule has 1 amide bonds. The van der Waals surface area contributed by atoms with E-state index in [2.05, 4.69) is 34.1 Å². The topological polar surface area (TPSA) is 58.4 Å². The maximum Gasteiger partial charge on any atom is 0.416 e. The van der Waals surface area contributed by atoms with Gasteiger partial charge in [0.05, 0.1) is 33.9 Å². The van der Waals surface area contributed by atoms with Gasteiger partial charge in [0.1, 0.15) is 0 Å². The Hall–Kier alpha value is -4.41. The summed E-state index contributed by atoms with van der Waals surface area (Å²) in [6, 6.07) is 31.9. The van der Waals surface area contributed by atoms with Crippen molar-refractivity contribution >= 4 is 28.6 Å². The first-order valence-electron chi connectivity index (χ1n) is 14.2. The third-order valence-electron chi connectivity index (χ3n) is 7.76. The van der Waals surface area contributed by atoms with E-state index in [1.165, 1.54) is 23.3 Å². The number of amides is 1. The number of para-hydroxylation sites is 1. The third kappa shape index (κ3) is 6.27. The van der Waals surface area contributed by atoms with Gasteiger partial charge in [-0.05, 0) is 41.5 Å². The van der Waals surface area contributed by atoms with Crippen LogP contribution in [-0.2, 0) is 11.0 Å². The highest BCUT2D eigenvalue weighted by Crippen LogP contribution is 2.32. The molecule has 10 heteroatoms. The van der Waals surface area contributed by atoms with Crippen LogP contribution in [-0.4, -0.2) is 57.2 Å². The zero-order valence-electron chi connectivity index (χ0n) is 23.7. The molecule has 44 heavy (non-hydrogen) atoms. The molecule has 0 spiro atoms. The van der Waals surface area contributed by atoms with Crippen LogP contribution in [0.2, 0.25) is 0 Å². The first-order valence-corrected chi connectivity index (χ1v) is 15.2. The van der Waals surface area contributed by atoms with Crippen molar-refractivity contribution < 1.29 is 18.0 Å². The van der Waals surface area contributed by atoms with E-state index < -0.39 is 17.3 Å². The lowest BCUT2D eigenvalue weighted by Crippen LogP contribution is -2.50. The molecule has 0 saturated carbocycles. The average molecular weight is 615 g/mol. The summed E-state index contributed by atoms with van der Waals surface area (Å²) < 4.78 is 41.7. The smallest absolute Gasteiger partial charge is 0.339 e. The number of aromatic nitrogens is 2. The molecule has 0 aliphatic carbocycles. The van der Waals surface area contributed by atoms with E-state index in [0.29, 0.717) is 31.7 Å². The van der Waals surface area contributed by atoms with Gasteiger partial charge in [0.15, 0.2) is 5.16 Å². The van der Waals surface area contributed by atoms with Gasteiger partial charge in [-0.3, -0.25) is 19.1 Å². The Balaban J connectivity index is 1.21. The minimum absolute atomic E-state index is 0.00938. The Morgan fingerprint density at radius 2 is 1.41 bits per heavy atom. The van der Waals surface area contributed by atoms with Crippen molar-refractivity contribution in [2.45, 2.75) is 17.4 Å². The summed E-state index contributed by atoms with van der Waals surface area (Å²) in [5.41, 5.74) is 1.46. The van der Waals surface area contributed by atoms with Crippen LogP contribution < -0.4 is 5.56 Å². The molecule has 6 rings (SSSR count). The van der Waals surface area contributed by atoms with E-state index in [0.717, 1.165) is 28.5 Å². The fourth-order valence-corrected chi connectivity index (χ4v) is 6.51. The molecule has 0 unspecified atom stereocenters. The van der Waals surface area contributed by atoms with E-state index >= 15 is 0 Å². The van der Waals surface area contributed by atoms with Crippen LogP contribution in [0.5, 0.6) is 0 Å². The van der Waals surface area contributed by atoms with Crippen LogP contribution >= 0.6 is 11.8 Å². The summed E-state index contributed by atoms with van der Waals surface area (Å²) in [6.07, 6.45) is -4.57. The number of rotatable bonds is 7. The summed E-state index contributed by atoms with van der Waals surface area (Å²) in [5.74, 6) is -0.131. The van der Waals surface area contributed by atoms with Crippen molar-refractivity contribution in [2.24, 2.45) is 0 Å². The number of thioether (sulfide) groups is 1. The molecular formula is C34H29F3N4O2S.